The first-order chi connectivity index (χ1) is 10.2. The van der Waals surface area contributed by atoms with E-state index in [2.05, 4.69) is 17.4 Å². The van der Waals surface area contributed by atoms with Crippen LogP contribution in [0.1, 0.15) is 11.1 Å². The molecule has 3 nitrogen and oxygen atoms in total. The topological polar surface area (TPSA) is 30.5 Å². The summed E-state index contributed by atoms with van der Waals surface area (Å²) in [6.45, 7) is 0.743. The molecule has 0 heterocycles. The van der Waals surface area contributed by atoms with Gasteiger partial charge in [-0.2, -0.15) is 0 Å². The first kappa shape index (κ1) is 15.3. The molecule has 0 saturated carbocycles. The van der Waals surface area contributed by atoms with Gasteiger partial charge in [-0.1, -0.05) is 48.6 Å². The molecule has 2 rings (SSSR count). The SMILES string of the molecule is COc1ccc(CC(=S)NCc2ccccc2)cc1OC. The zero-order chi connectivity index (χ0) is 15.1. The van der Waals surface area contributed by atoms with Gasteiger partial charge in [0, 0.05) is 13.0 Å². The minimum Gasteiger partial charge on any atom is -0.493 e. The average molecular weight is 301 g/mol. The molecule has 0 unspecified atom stereocenters. The summed E-state index contributed by atoms with van der Waals surface area (Å²) in [5.74, 6) is 1.45. The molecule has 21 heavy (non-hydrogen) atoms. The highest BCUT2D eigenvalue weighted by Crippen LogP contribution is 2.27. The number of hydrogen-bond acceptors (Lipinski definition) is 3. The van der Waals surface area contributed by atoms with E-state index in [-0.39, 0.29) is 0 Å². The van der Waals surface area contributed by atoms with Crippen LogP contribution >= 0.6 is 12.2 Å². The van der Waals surface area contributed by atoms with E-state index in [4.69, 9.17) is 21.7 Å². The van der Waals surface area contributed by atoms with Gasteiger partial charge >= 0.3 is 0 Å². The van der Waals surface area contributed by atoms with Crippen molar-refractivity contribution in [1.82, 2.24) is 5.32 Å². The molecule has 0 saturated heterocycles. The van der Waals surface area contributed by atoms with E-state index < -0.39 is 0 Å². The Hall–Kier alpha value is -2.07. The predicted molar refractivity (Wildman–Crippen MR) is 89.1 cm³/mol. The highest BCUT2D eigenvalue weighted by Gasteiger charge is 2.06. The largest absolute Gasteiger partial charge is 0.493 e. The number of methoxy groups -OCH3 is 2. The lowest BCUT2D eigenvalue weighted by Gasteiger charge is -2.11. The summed E-state index contributed by atoms with van der Waals surface area (Å²) < 4.78 is 10.5. The predicted octanol–water partition coefficient (Wildman–Crippen LogP) is 3.36. The molecule has 0 radical (unpaired) electrons. The van der Waals surface area contributed by atoms with E-state index in [9.17, 15) is 0 Å². The molecular formula is C17H19NO2S. The van der Waals surface area contributed by atoms with Crippen LogP contribution in [0.4, 0.5) is 0 Å². The van der Waals surface area contributed by atoms with Gasteiger partial charge in [0.1, 0.15) is 0 Å². The summed E-state index contributed by atoms with van der Waals surface area (Å²) in [6, 6.07) is 16.0. The van der Waals surface area contributed by atoms with Gasteiger partial charge in [-0.25, -0.2) is 0 Å². The van der Waals surface area contributed by atoms with E-state index in [0.29, 0.717) is 6.42 Å². The van der Waals surface area contributed by atoms with Crippen molar-refractivity contribution in [2.75, 3.05) is 14.2 Å². The third-order valence-corrected chi connectivity index (χ3v) is 3.43. The average Bonchev–Trinajstić information content (AvgIpc) is 2.53. The summed E-state index contributed by atoms with van der Waals surface area (Å²) in [5, 5.41) is 3.27. The lowest BCUT2D eigenvalue weighted by atomic mass is 10.1. The van der Waals surface area contributed by atoms with Crippen LogP contribution in [0.3, 0.4) is 0 Å². The third kappa shape index (κ3) is 4.46. The molecule has 0 fully saturated rings. The maximum absolute atomic E-state index is 5.39. The monoisotopic (exact) mass is 301 g/mol. The van der Waals surface area contributed by atoms with Crippen molar-refractivity contribution in [3.05, 3.63) is 59.7 Å². The molecule has 0 amide bonds. The lowest BCUT2D eigenvalue weighted by molar-refractivity contribution is 0.354. The Kier molecular flexibility index (Phi) is 5.58. The van der Waals surface area contributed by atoms with Crippen LogP contribution in [-0.4, -0.2) is 19.2 Å². The fraction of sp³-hybridized carbons (Fsp3) is 0.235. The number of nitrogens with one attached hydrogen (secondary N) is 1. The van der Waals surface area contributed by atoms with Crippen molar-refractivity contribution in [2.45, 2.75) is 13.0 Å². The fourth-order valence-corrected chi connectivity index (χ4v) is 2.27. The van der Waals surface area contributed by atoms with Gasteiger partial charge in [0.15, 0.2) is 11.5 Å². The minimum absolute atomic E-state index is 0.683. The van der Waals surface area contributed by atoms with Crippen molar-refractivity contribution >= 4 is 17.2 Å². The van der Waals surface area contributed by atoms with E-state index >= 15 is 0 Å². The fourth-order valence-electron chi connectivity index (χ4n) is 2.03. The van der Waals surface area contributed by atoms with Crippen LogP contribution in [0.2, 0.25) is 0 Å². The van der Waals surface area contributed by atoms with Crippen LogP contribution in [0.5, 0.6) is 11.5 Å². The Morgan fingerprint density at radius 1 is 0.952 bits per heavy atom. The normalized spacial score (nSPS) is 10.0. The molecular weight excluding hydrogens is 282 g/mol. The number of thiocarbonyl (C=S) groups is 1. The summed E-state index contributed by atoms with van der Waals surface area (Å²) in [7, 11) is 3.26. The lowest BCUT2D eigenvalue weighted by Crippen LogP contribution is -2.22. The van der Waals surface area contributed by atoms with Gasteiger partial charge in [0.25, 0.3) is 0 Å². The number of hydrogen-bond donors (Lipinski definition) is 1. The molecule has 0 spiro atoms. The van der Waals surface area contributed by atoms with Crippen molar-refractivity contribution in [3.63, 3.8) is 0 Å². The standard InChI is InChI=1S/C17H19NO2S/c1-19-15-9-8-14(10-16(15)20-2)11-17(21)18-12-13-6-4-3-5-7-13/h3-10H,11-12H2,1-2H3,(H,18,21). The Morgan fingerprint density at radius 2 is 1.67 bits per heavy atom. The summed E-state index contributed by atoms with van der Waals surface area (Å²) >= 11 is 5.39. The molecule has 0 aliphatic rings. The Labute approximate surface area is 130 Å². The third-order valence-electron chi connectivity index (χ3n) is 3.15. The van der Waals surface area contributed by atoms with Crippen LogP contribution in [0, 0.1) is 0 Å². The van der Waals surface area contributed by atoms with Crippen LogP contribution in [0.25, 0.3) is 0 Å². The molecule has 110 valence electrons. The molecule has 0 atom stereocenters. The second-order valence-electron chi connectivity index (χ2n) is 4.63. The molecule has 2 aromatic carbocycles. The van der Waals surface area contributed by atoms with E-state index in [1.807, 2.05) is 36.4 Å². The first-order valence-corrected chi connectivity index (χ1v) is 7.15. The summed E-state index contributed by atoms with van der Waals surface area (Å²) in [6.07, 6.45) is 0.683. The van der Waals surface area contributed by atoms with Crippen LogP contribution in [0.15, 0.2) is 48.5 Å². The molecule has 1 N–H and O–H groups in total. The molecule has 0 aliphatic heterocycles. The van der Waals surface area contributed by atoms with Crippen molar-refractivity contribution in [1.29, 1.82) is 0 Å². The zero-order valence-corrected chi connectivity index (χ0v) is 13.1. The summed E-state index contributed by atoms with van der Waals surface area (Å²) in [5.41, 5.74) is 2.31. The van der Waals surface area contributed by atoms with Gasteiger partial charge in [-0.05, 0) is 23.3 Å². The molecule has 0 bridgehead atoms. The first-order valence-electron chi connectivity index (χ1n) is 6.74. The van der Waals surface area contributed by atoms with Crippen LogP contribution < -0.4 is 14.8 Å². The zero-order valence-electron chi connectivity index (χ0n) is 12.3. The highest BCUT2D eigenvalue weighted by atomic mass is 32.1. The highest BCUT2D eigenvalue weighted by molar-refractivity contribution is 7.80. The van der Waals surface area contributed by atoms with Gasteiger partial charge in [0.2, 0.25) is 0 Å². The Balaban J connectivity index is 1.93. The molecule has 0 aromatic heterocycles. The maximum Gasteiger partial charge on any atom is 0.160 e. The van der Waals surface area contributed by atoms with Gasteiger partial charge in [-0.15, -0.1) is 0 Å². The maximum atomic E-state index is 5.39. The Morgan fingerprint density at radius 3 is 2.33 bits per heavy atom. The van der Waals surface area contributed by atoms with Crippen molar-refractivity contribution in [3.8, 4) is 11.5 Å². The van der Waals surface area contributed by atoms with E-state index in [1.165, 1.54) is 5.56 Å². The quantitative estimate of drug-likeness (QED) is 0.829. The molecule has 4 heteroatoms. The smallest absolute Gasteiger partial charge is 0.160 e. The van der Waals surface area contributed by atoms with Gasteiger partial charge < -0.3 is 14.8 Å². The van der Waals surface area contributed by atoms with Crippen LogP contribution in [-0.2, 0) is 13.0 Å². The van der Waals surface area contributed by atoms with E-state index in [1.54, 1.807) is 14.2 Å². The van der Waals surface area contributed by atoms with Crippen molar-refractivity contribution in [2.24, 2.45) is 0 Å². The summed E-state index contributed by atoms with van der Waals surface area (Å²) in [4.78, 5) is 0.811. The number of ether oxygens (including phenoxy) is 2. The second kappa shape index (κ2) is 7.64. The van der Waals surface area contributed by atoms with Crippen molar-refractivity contribution < 1.29 is 9.47 Å². The second-order valence-corrected chi connectivity index (χ2v) is 5.12. The molecule has 0 aliphatic carbocycles. The van der Waals surface area contributed by atoms with Gasteiger partial charge in [-0.3, -0.25) is 0 Å². The minimum atomic E-state index is 0.683. The Bertz CT molecular complexity index is 599. The number of rotatable bonds is 6. The van der Waals surface area contributed by atoms with Gasteiger partial charge in [0.05, 0.1) is 19.2 Å². The number of benzene rings is 2. The van der Waals surface area contributed by atoms with E-state index in [0.717, 1.165) is 28.6 Å². The molecule has 2 aromatic rings.